The van der Waals surface area contributed by atoms with Gasteiger partial charge in [-0.25, -0.2) is 0 Å². The molecule has 0 radical (unpaired) electrons. The van der Waals surface area contributed by atoms with Crippen LogP contribution in [0, 0.1) is 5.92 Å². The molecule has 0 fully saturated rings. The van der Waals surface area contributed by atoms with Crippen molar-refractivity contribution in [1.82, 2.24) is 0 Å². The first-order chi connectivity index (χ1) is 11.5. The number of phenolic OH excluding ortho intramolecular Hbond substituents is 1. The molecule has 1 aromatic carbocycles. The molecular formula is C20H28O4. The molecule has 1 N–H and O–H groups in total. The number of benzene rings is 1. The van der Waals surface area contributed by atoms with Crippen molar-refractivity contribution >= 4 is 12.0 Å². The standard InChI is InChI=1S/C20H28O4/c1-16(2)9-6-4-5-7-11-20(22)24-14-8-10-17-12-13-18(21)19(15-17)23-3/h6,8-10,12-13,15-16,21H,4-5,7,11,14H2,1-3H3. The van der Waals surface area contributed by atoms with Crippen LogP contribution in [0.1, 0.15) is 45.1 Å². The molecule has 4 nitrogen and oxygen atoms in total. The molecule has 24 heavy (non-hydrogen) atoms. The van der Waals surface area contributed by atoms with Gasteiger partial charge >= 0.3 is 5.97 Å². The fourth-order valence-electron chi connectivity index (χ4n) is 2.10. The van der Waals surface area contributed by atoms with Crippen LogP contribution in [0.3, 0.4) is 0 Å². The Morgan fingerprint density at radius 2 is 2.04 bits per heavy atom. The van der Waals surface area contributed by atoms with Crippen LogP contribution in [-0.4, -0.2) is 24.8 Å². The van der Waals surface area contributed by atoms with Crippen molar-refractivity contribution in [2.24, 2.45) is 5.92 Å². The summed E-state index contributed by atoms with van der Waals surface area (Å²) in [5.74, 6) is 0.927. The van der Waals surface area contributed by atoms with Crippen LogP contribution in [0.2, 0.25) is 0 Å². The third kappa shape index (κ3) is 8.42. The molecule has 1 aromatic rings. The Labute approximate surface area is 144 Å². The highest BCUT2D eigenvalue weighted by atomic mass is 16.5. The Hall–Kier alpha value is -2.23. The van der Waals surface area contributed by atoms with Gasteiger partial charge in [-0.15, -0.1) is 0 Å². The zero-order chi connectivity index (χ0) is 17.8. The minimum Gasteiger partial charge on any atom is -0.504 e. The average molecular weight is 332 g/mol. The third-order valence-electron chi connectivity index (χ3n) is 3.38. The summed E-state index contributed by atoms with van der Waals surface area (Å²) in [6.45, 7) is 4.54. The number of carbonyl (C=O) groups is 1. The highest BCUT2D eigenvalue weighted by Crippen LogP contribution is 2.26. The number of ether oxygens (including phenoxy) is 2. The number of methoxy groups -OCH3 is 1. The number of esters is 1. The second-order valence-electron chi connectivity index (χ2n) is 5.93. The van der Waals surface area contributed by atoms with Gasteiger partial charge in [-0.1, -0.05) is 38.1 Å². The van der Waals surface area contributed by atoms with E-state index in [0.29, 0.717) is 18.1 Å². The summed E-state index contributed by atoms with van der Waals surface area (Å²) in [5.41, 5.74) is 0.873. The number of carbonyl (C=O) groups excluding carboxylic acids is 1. The molecule has 0 unspecified atom stereocenters. The minimum absolute atomic E-state index is 0.101. The lowest BCUT2D eigenvalue weighted by molar-refractivity contribution is -0.142. The van der Waals surface area contributed by atoms with E-state index in [0.717, 1.165) is 24.8 Å². The van der Waals surface area contributed by atoms with E-state index in [9.17, 15) is 9.90 Å². The largest absolute Gasteiger partial charge is 0.504 e. The molecule has 0 aliphatic carbocycles. The number of aromatic hydroxyl groups is 1. The van der Waals surface area contributed by atoms with Crippen molar-refractivity contribution in [3.63, 3.8) is 0 Å². The summed E-state index contributed by atoms with van der Waals surface area (Å²) < 4.78 is 10.2. The Kier molecular flexibility index (Phi) is 9.35. The highest BCUT2D eigenvalue weighted by molar-refractivity contribution is 5.69. The van der Waals surface area contributed by atoms with E-state index < -0.39 is 0 Å². The second kappa shape index (κ2) is 11.3. The zero-order valence-electron chi connectivity index (χ0n) is 14.8. The molecule has 0 aliphatic heterocycles. The molecule has 0 amide bonds. The monoisotopic (exact) mass is 332 g/mol. The molecule has 0 heterocycles. The number of phenols is 1. The summed E-state index contributed by atoms with van der Waals surface area (Å²) in [6.07, 6.45) is 11.3. The van der Waals surface area contributed by atoms with Gasteiger partial charge in [0.2, 0.25) is 0 Å². The maximum absolute atomic E-state index is 11.6. The quantitative estimate of drug-likeness (QED) is 0.382. The second-order valence-corrected chi connectivity index (χ2v) is 5.93. The van der Waals surface area contributed by atoms with Gasteiger partial charge < -0.3 is 14.6 Å². The van der Waals surface area contributed by atoms with Gasteiger partial charge in [0.15, 0.2) is 11.5 Å². The van der Waals surface area contributed by atoms with Gasteiger partial charge in [0.25, 0.3) is 0 Å². The first kappa shape index (κ1) is 19.8. The molecule has 0 aromatic heterocycles. The van der Waals surface area contributed by atoms with Gasteiger partial charge in [-0.2, -0.15) is 0 Å². The van der Waals surface area contributed by atoms with E-state index in [1.165, 1.54) is 7.11 Å². The van der Waals surface area contributed by atoms with E-state index in [4.69, 9.17) is 9.47 Å². The van der Waals surface area contributed by atoms with Crippen molar-refractivity contribution in [2.75, 3.05) is 13.7 Å². The normalized spacial score (nSPS) is 11.5. The molecule has 0 bridgehead atoms. The molecule has 132 valence electrons. The Morgan fingerprint density at radius 3 is 2.75 bits per heavy atom. The molecule has 0 aliphatic rings. The van der Waals surface area contributed by atoms with Crippen LogP contribution in [-0.2, 0) is 9.53 Å². The maximum atomic E-state index is 11.6. The minimum atomic E-state index is -0.171. The van der Waals surface area contributed by atoms with Crippen LogP contribution in [0.15, 0.2) is 36.4 Å². The molecule has 0 atom stereocenters. The maximum Gasteiger partial charge on any atom is 0.306 e. The molecule has 1 rings (SSSR count). The summed E-state index contributed by atoms with van der Waals surface area (Å²) in [6, 6.07) is 5.05. The van der Waals surface area contributed by atoms with Gasteiger partial charge in [0, 0.05) is 6.42 Å². The first-order valence-corrected chi connectivity index (χ1v) is 8.38. The van der Waals surface area contributed by atoms with Crippen LogP contribution < -0.4 is 4.74 Å². The summed E-state index contributed by atoms with van der Waals surface area (Å²) in [4.78, 5) is 11.6. The van der Waals surface area contributed by atoms with Gasteiger partial charge in [-0.05, 0) is 49.0 Å². The van der Waals surface area contributed by atoms with Crippen LogP contribution in [0.25, 0.3) is 6.08 Å². The summed E-state index contributed by atoms with van der Waals surface area (Å²) in [7, 11) is 1.50. The molecule has 0 spiro atoms. The van der Waals surface area contributed by atoms with Gasteiger partial charge in [0.1, 0.15) is 6.61 Å². The average Bonchev–Trinajstić information content (AvgIpc) is 2.55. The topological polar surface area (TPSA) is 55.8 Å². The van der Waals surface area contributed by atoms with E-state index in [1.807, 2.05) is 6.08 Å². The number of rotatable bonds is 10. The van der Waals surface area contributed by atoms with Crippen LogP contribution >= 0.6 is 0 Å². The van der Waals surface area contributed by atoms with Crippen molar-refractivity contribution in [2.45, 2.75) is 39.5 Å². The van der Waals surface area contributed by atoms with Crippen LogP contribution in [0.4, 0.5) is 0 Å². The van der Waals surface area contributed by atoms with Crippen molar-refractivity contribution in [3.8, 4) is 11.5 Å². The number of allylic oxidation sites excluding steroid dienone is 2. The van der Waals surface area contributed by atoms with E-state index in [-0.39, 0.29) is 18.3 Å². The van der Waals surface area contributed by atoms with Gasteiger partial charge in [-0.3, -0.25) is 4.79 Å². The number of hydrogen-bond donors (Lipinski definition) is 1. The molecular weight excluding hydrogens is 304 g/mol. The lowest BCUT2D eigenvalue weighted by atomic mass is 10.1. The first-order valence-electron chi connectivity index (χ1n) is 8.38. The fraction of sp³-hybridized carbons (Fsp3) is 0.450. The van der Waals surface area contributed by atoms with Crippen molar-refractivity contribution in [1.29, 1.82) is 0 Å². The number of unbranched alkanes of at least 4 members (excludes halogenated alkanes) is 2. The van der Waals surface area contributed by atoms with E-state index in [1.54, 1.807) is 24.3 Å². The smallest absolute Gasteiger partial charge is 0.306 e. The number of hydrogen-bond acceptors (Lipinski definition) is 4. The van der Waals surface area contributed by atoms with Crippen molar-refractivity contribution < 1.29 is 19.4 Å². The predicted molar refractivity (Wildman–Crippen MR) is 97.1 cm³/mol. The fourth-order valence-corrected chi connectivity index (χ4v) is 2.10. The van der Waals surface area contributed by atoms with Crippen LogP contribution in [0.5, 0.6) is 11.5 Å². The van der Waals surface area contributed by atoms with E-state index >= 15 is 0 Å². The third-order valence-corrected chi connectivity index (χ3v) is 3.38. The Balaban J connectivity index is 2.21. The zero-order valence-corrected chi connectivity index (χ0v) is 14.8. The highest BCUT2D eigenvalue weighted by Gasteiger charge is 2.02. The molecule has 0 saturated heterocycles. The SMILES string of the molecule is COc1cc(C=CCOC(=O)CCCCC=CC(C)C)ccc1O. The van der Waals surface area contributed by atoms with E-state index in [2.05, 4.69) is 26.0 Å². The molecule has 4 heteroatoms. The Bertz CT molecular complexity index is 559. The molecule has 0 saturated carbocycles. The lowest BCUT2D eigenvalue weighted by Crippen LogP contribution is -2.03. The van der Waals surface area contributed by atoms with Gasteiger partial charge in [0.05, 0.1) is 7.11 Å². The summed E-state index contributed by atoms with van der Waals surface area (Å²) in [5, 5.41) is 9.52. The van der Waals surface area contributed by atoms with Crippen molar-refractivity contribution in [3.05, 3.63) is 42.0 Å². The predicted octanol–water partition coefficient (Wildman–Crippen LogP) is 4.73. The summed E-state index contributed by atoms with van der Waals surface area (Å²) >= 11 is 0. The Morgan fingerprint density at radius 1 is 1.25 bits per heavy atom. The lowest BCUT2D eigenvalue weighted by Gasteiger charge is -2.04.